The van der Waals surface area contributed by atoms with Gasteiger partial charge in [0, 0.05) is 12.5 Å². The van der Waals surface area contributed by atoms with Crippen LogP contribution in [0.5, 0.6) is 0 Å². The molecule has 0 bridgehead atoms. The lowest BCUT2D eigenvalue weighted by Gasteiger charge is -2.29. The van der Waals surface area contributed by atoms with E-state index in [0.717, 1.165) is 12.8 Å². The van der Waals surface area contributed by atoms with Gasteiger partial charge in [-0.3, -0.25) is 9.59 Å². The van der Waals surface area contributed by atoms with Gasteiger partial charge in [0.05, 0.1) is 5.92 Å². The highest BCUT2D eigenvalue weighted by atomic mass is 16.4. The molecule has 4 heteroatoms. The number of carbonyl (C=O) groups excluding carboxylic acids is 1. The van der Waals surface area contributed by atoms with E-state index < -0.39 is 5.97 Å². The Morgan fingerprint density at radius 3 is 2.24 bits per heavy atom. The molecule has 120 valence electrons. The van der Waals surface area contributed by atoms with Gasteiger partial charge in [-0.05, 0) is 37.5 Å². The summed E-state index contributed by atoms with van der Waals surface area (Å²) in [5.41, 5.74) is 0. The largest absolute Gasteiger partial charge is 0.481 e. The second kappa shape index (κ2) is 7.81. The fraction of sp³-hybridized carbons (Fsp3) is 0.882. The Bertz CT molecular complexity index is 355. The summed E-state index contributed by atoms with van der Waals surface area (Å²) in [5, 5.41) is 12.1. The minimum Gasteiger partial charge on any atom is -0.481 e. The topological polar surface area (TPSA) is 66.4 Å². The molecule has 2 N–H and O–H groups in total. The van der Waals surface area contributed by atoms with Crippen LogP contribution in [-0.4, -0.2) is 23.0 Å². The Balaban J connectivity index is 1.68. The first-order chi connectivity index (χ1) is 10.1. The third kappa shape index (κ3) is 5.01. The van der Waals surface area contributed by atoms with Crippen LogP contribution in [-0.2, 0) is 9.59 Å². The molecule has 2 fully saturated rings. The molecule has 0 saturated heterocycles. The van der Waals surface area contributed by atoms with Gasteiger partial charge < -0.3 is 10.4 Å². The zero-order chi connectivity index (χ0) is 15.2. The van der Waals surface area contributed by atoms with E-state index in [4.69, 9.17) is 5.11 Å². The maximum atomic E-state index is 12.2. The van der Waals surface area contributed by atoms with E-state index in [1.807, 2.05) is 0 Å². The van der Waals surface area contributed by atoms with E-state index in [2.05, 4.69) is 12.2 Å². The van der Waals surface area contributed by atoms with Crippen molar-refractivity contribution in [2.45, 2.75) is 77.2 Å². The highest BCUT2D eigenvalue weighted by Gasteiger charge is 2.28. The van der Waals surface area contributed by atoms with Gasteiger partial charge in [0.25, 0.3) is 0 Å². The minimum absolute atomic E-state index is 0.159. The van der Waals surface area contributed by atoms with Crippen LogP contribution in [0, 0.1) is 17.8 Å². The number of carboxylic acid groups (broad SMARTS) is 1. The van der Waals surface area contributed by atoms with E-state index in [1.165, 1.54) is 32.1 Å². The lowest BCUT2D eigenvalue weighted by atomic mass is 9.79. The molecule has 0 aliphatic heterocycles. The molecule has 2 saturated carbocycles. The summed E-state index contributed by atoms with van der Waals surface area (Å²) in [6.45, 7) is 2.21. The fourth-order valence-corrected chi connectivity index (χ4v) is 3.93. The van der Waals surface area contributed by atoms with E-state index in [1.54, 1.807) is 0 Å². The van der Waals surface area contributed by atoms with Crippen molar-refractivity contribution in [2.24, 2.45) is 17.8 Å². The van der Waals surface area contributed by atoms with Crippen molar-refractivity contribution in [2.75, 3.05) is 0 Å². The molecule has 2 aliphatic rings. The third-order valence-electron chi connectivity index (χ3n) is 5.40. The normalized spacial score (nSPS) is 28.8. The van der Waals surface area contributed by atoms with Crippen molar-refractivity contribution < 1.29 is 14.7 Å². The number of hydrogen-bond acceptors (Lipinski definition) is 2. The molecule has 1 amide bonds. The lowest BCUT2D eigenvalue weighted by Crippen LogP contribution is -2.39. The summed E-state index contributed by atoms with van der Waals surface area (Å²) in [5.74, 6) is 0.449. The standard InChI is InChI=1S/C17H29NO3/c1-12(13-5-3-2-4-6-13)11-16(19)18-15-9-7-14(8-10-15)17(20)21/h12-15H,2-11H2,1H3,(H,18,19)(H,20,21). The number of carboxylic acids is 1. The van der Waals surface area contributed by atoms with Crippen molar-refractivity contribution in [3.05, 3.63) is 0 Å². The molecule has 4 nitrogen and oxygen atoms in total. The summed E-state index contributed by atoms with van der Waals surface area (Å²) < 4.78 is 0. The number of carbonyl (C=O) groups is 2. The molecule has 2 rings (SSSR count). The molecule has 2 aliphatic carbocycles. The van der Waals surface area contributed by atoms with Gasteiger partial charge in [-0.15, -0.1) is 0 Å². The van der Waals surface area contributed by atoms with Gasteiger partial charge in [-0.2, -0.15) is 0 Å². The van der Waals surface area contributed by atoms with Crippen molar-refractivity contribution in [1.29, 1.82) is 0 Å². The average molecular weight is 295 g/mol. The van der Waals surface area contributed by atoms with E-state index in [-0.39, 0.29) is 17.9 Å². The number of nitrogens with one attached hydrogen (secondary N) is 1. The molecular formula is C17H29NO3. The van der Waals surface area contributed by atoms with Crippen LogP contribution in [0.25, 0.3) is 0 Å². The van der Waals surface area contributed by atoms with Crippen molar-refractivity contribution in [3.8, 4) is 0 Å². The van der Waals surface area contributed by atoms with Crippen LogP contribution >= 0.6 is 0 Å². The van der Waals surface area contributed by atoms with Gasteiger partial charge >= 0.3 is 5.97 Å². The van der Waals surface area contributed by atoms with Gasteiger partial charge in [-0.25, -0.2) is 0 Å². The summed E-state index contributed by atoms with van der Waals surface area (Å²) >= 11 is 0. The van der Waals surface area contributed by atoms with Crippen LogP contribution < -0.4 is 5.32 Å². The fourth-order valence-electron chi connectivity index (χ4n) is 3.93. The van der Waals surface area contributed by atoms with Crippen molar-refractivity contribution in [1.82, 2.24) is 5.32 Å². The first-order valence-electron chi connectivity index (χ1n) is 8.58. The number of amides is 1. The smallest absolute Gasteiger partial charge is 0.306 e. The molecule has 0 aromatic heterocycles. The number of aliphatic carboxylic acids is 1. The molecule has 0 aromatic carbocycles. The van der Waals surface area contributed by atoms with E-state index in [0.29, 0.717) is 31.1 Å². The Labute approximate surface area is 127 Å². The van der Waals surface area contributed by atoms with Gasteiger partial charge in [0.1, 0.15) is 0 Å². The van der Waals surface area contributed by atoms with Gasteiger partial charge in [-0.1, -0.05) is 39.0 Å². The van der Waals surface area contributed by atoms with Crippen LogP contribution in [0.15, 0.2) is 0 Å². The van der Waals surface area contributed by atoms with Gasteiger partial charge in [0.15, 0.2) is 0 Å². The molecular weight excluding hydrogens is 266 g/mol. The van der Waals surface area contributed by atoms with E-state index in [9.17, 15) is 9.59 Å². The first-order valence-corrected chi connectivity index (χ1v) is 8.58. The second-order valence-corrected chi connectivity index (χ2v) is 7.03. The summed E-state index contributed by atoms with van der Waals surface area (Å²) in [6.07, 6.45) is 10.2. The molecule has 0 spiro atoms. The van der Waals surface area contributed by atoms with E-state index >= 15 is 0 Å². The highest BCUT2D eigenvalue weighted by molar-refractivity contribution is 5.76. The first kappa shape index (κ1) is 16.3. The quantitative estimate of drug-likeness (QED) is 0.817. The Morgan fingerprint density at radius 2 is 1.67 bits per heavy atom. The van der Waals surface area contributed by atoms with Crippen molar-refractivity contribution >= 4 is 11.9 Å². The highest BCUT2D eigenvalue weighted by Crippen LogP contribution is 2.31. The monoisotopic (exact) mass is 295 g/mol. The van der Waals surface area contributed by atoms with Gasteiger partial charge in [0.2, 0.25) is 5.91 Å². The predicted molar refractivity (Wildman–Crippen MR) is 81.9 cm³/mol. The molecule has 1 atom stereocenters. The third-order valence-corrected chi connectivity index (χ3v) is 5.40. The van der Waals surface area contributed by atoms with Crippen LogP contribution in [0.3, 0.4) is 0 Å². The maximum absolute atomic E-state index is 12.2. The van der Waals surface area contributed by atoms with Crippen LogP contribution in [0.1, 0.15) is 71.1 Å². The van der Waals surface area contributed by atoms with Crippen LogP contribution in [0.4, 0.5) is 0 Å². The zero-order valence-corrected chi connectivity index (χ0v) is 13.1. The Kier molecular flexibility index (Phi) is 6.07. The second-order valence-electron chi connectivity index (χ2n) is 7.03. The molecule has 21 heavy (non-hydrogen) atoms. The zero-order valence-electron chi connectivity index (χ0n) is 13.1. The summed E-state index contributed by atoms with van der Waals surface area (Å²) in [7, 11) is 0. The number of hydrogen-bond donors (Lipinski definition) is 2. The summed E-state index contributed by atoms with van der Waals surface area (Å²) in [6, 6.07) is 0.187. The average Bonchev–Trinajstić information content (AvgIpc) is 2.48. The lowest BCUT2D eigenvalue weighted by molar-refractivity contribution is -0.142. The van der Waals surface area contributed by atoms with Crippen LogP contribution in [0.2, 0.25) is 0 Å². The SMILES string of the molecule is CC(CC(=O)NC1CCC(C(=O)O)CC1)C1CCCCC1. The maximum Gasteiger partial charge on any atom is 0.306 e. The van der Waals surface area contributed by atoms with Crippen molar-refractivity contribution in [3.63, 3.8) is 0 Å². The number of rotatable bonds is 5. The molecule has 0 radical (unpaired) electrons. The summed E-state index contributed by atoms with van der Waals surface area (Å²) in [4.78, 5) is 23.1. The minimum atomic E-state index is -0.689. The Morgan fingerprint density at radius 1 is 1.05 bits per heavy atom. The molecule has 1 unspecified atom stereocenters. The molecule has 0 aromatic rings. The Hall–Kier alpha value is -1.06. The predicted octanol–water partition coefficient (Wildman–Crippen LogP) is 3.35. The molecule has 0 heterocycles.